The van der Waals surface area contributed by atoms with E-state index < -0.39 is 0 Å². The highest BCUT2D eigenvalue weighted by Gasteiger charge is 2.21. The summed E-state index contributed by atoms with van der Waals surface area (Å²) < 4.78 is 0. The second-order valence-corrected chi connectivity index (χ2v) is 8.03. The Kier molecular flexibility index (Phi) is 10.6. The number of guanidine groups is 1. The summed E-state index contributed by atoms with van der Waals surface area (Å²) in [7, 11) is 1.89. The number of benzene rings is 1. The maximum atomic E-state index is 4.46. The standard InChI is InChI=1S/C22H37N5.HI/c1-3-26-13-7-10-20(18-26)16-24-22(23-2)25-21-11-14-27(15-12-21)17-19-8-5-4-6-9-19;/h4-6,8-9,20-21H,3,7,10-18H2,1-2H3,(H2,23,24,25);1H. The second kappa shape index (κ2) is 12.6. The van der Waals surface area contributed by atoms with Gasteiger partial charge < -0.3 is 15.5 Å². The first-order valence-electron chi connectivity index (χ1n) is 10.7. The molecule has 2 aliphatic rings. The van der Waals surface area contributed by atoms with Gasteiger partial charge in [-0.3, -0.25) is 9.89 Å². The van der Waals surface area contributed by atoms with Crippen LogP contribution in [0.2, 0.25) is 0 Å². The summed E-state index contributed by atoms with van der Waals surface area (Å²) in [4.78, 5) is 9.58. The van der Waals surface area contributed by atoms with Crippen molar-refractivity contribution in [3.63, 3.8) is 0 Å². The van der Waals surface area contributed by atoms with Crippen LogP contribution < -0.4 is 10.6 Å². The molecule has 0 radical (unpaired) electrons. The molecule has 0 aliphatic carbocycles. The first-order valence-corrected chi connectivity index (χ1v) is 10.7. The van der Waals surface area contributed by atoms with Crippen LogP contribution in [0.4, 0.5) is 0 Å². The summed E-state index contributed by atoms with van der Waals surface area (Å²) in [6.45, 7) is 10.3. The molecular weight excluding hydrogens is 461 g/mol. The van der Waals surface area contributed by atoms with Crippen molar-refractivity contribution in [3.05, 3.63) is 35.9 Å². The van der Waals surface area contributed by atoms with E-state index in [0.29, 0.717) is 6.04 Å². The van der Waals surface area contributed by atoms with Gasteiger partial charge in [0.2, 0.25) is 0 Å². The molecular formula is C22H38IN5. The lowest BCUT2D eigenvalue weighted by atomic mass is 9.98. The van der Waals surface area contributed by atoms with Crippen LogP contribution in [-0.2, 0) is 6.54 Å². The molecule has 2 saturated heterocycles. The van der Waals surface area contributed by atoms with Crippen molar-refractivity contribution in [2.75, 3.05) is 46.3 Å². The van der Waals surface area contributed by atoms with Gasteiger partial charge in [-0.2, -0.15) is 0 Å². The highest BCUT2D eigenvalue weighted by atomic mass is 127. The number of piperidine rings is 2. The zero-order valence-electron chi connectivity index (χ0n) is 17.6. The first-order chi connectivity index (χ1) is 13.3. The molecule has 0 aromatic heterocycles. The smallest absolute Gasteiger partial charge is 0.191 e. The average Bonchev–Trinajstić information content (AvgIpc) is 2.73. The maximum Gasteiger partial charge on any atom is 0.191 e. The van der Waals surface area contributed by atoms with Gasteiger partial charge in [-0.1, -0.05) is 37.3 Å². The quantitative estimate of drug-likeness (QED) is 0.359. The lowest BCUT2D eigenvalue weighted by Crippen LogP contribution is -2.50. The minimum Gasteiger partial charge on any atom is -0.356 e. The van der Waals surface area contributed by atoms with Crippen LogP contribution >= 0.6 is 24.0 Å². The van der Waals surface area contributed by atoms with E-state index in [1.54, 1.807) is 0 Å². The fraction of sp³-hybridized carbons (Fsp3) is 0.682. The Morgan fingerprint density at radius 2 is 1.82 bits per heavy atom. The number of rotatable bonds is 6. The molecule has 1 atom stereocenters. The summed E-state index contributed by atoms with van der Waals surface area (Å²) in [5.41, 5.74) is 1.41. The summed E-state index contributed by atoms with van der Waals surface area (Å²) in [5.74, 6) is 1.72. The minimum absolute atomic E-state index is 0. The Morgan fingerprint density at radius 1 is 1.07 bits per heavy atom. The molecule has 1 unspecified atom stereocenters. The number of nitrogens with one attached hydrogen (secondary N) is 2. The predicted molar refractivity (Wildman–Crippen MR) is 129 cm³/mol. The second-order valence-electron chi connectivity index (χ2n) is 8.03. The first kappa shape index (κ1) is 23.4. The SMILES string of the molecule is CCN1CCCC(CNC(=NC)NC2CCN(Cc3ccccc3)CC2)C1.I. The number of nitrogens with zero attached hydrogens (tertiary/aromatic N) is 3. The van der Waals surface area contributed by atoms with Crippen LogP contribution in [0.5, 0.6) is 0 Å². The molecule has 2 heterocycles. The van der Waals surface area contributed by atoms with Crippen molar-refractivity contribution in [1.82, 2.24) is 20.4 Å². The van der Waals surface area contributed by atoms with Gasteiger partial charge >= 0.3 is 0 Å². The molecule has 0 bridgehead atoms. The van der Waals surface area contributed by atoms with Gasteiger partial charge in [0.25, 0.3) is 0 Å². The van der Waals surface area contributed by atoms with E-state index in [2.05, 4.69) is 62.7 Å². The third-order valence-electron chi connectivity index (χ3n) is 6.01. The van der Waals surface area contributed by atoms with Gasteiger partial charge in [0, 0.05) is 45.8 Å². The highest BCUT2D eigenvalue weighted by molar-refractivity contribution is 14.0. The van der Waals surface area contributed by atoms with Gasteiger partial charge in [-0.05, 0) is 50.3 Å². The Balaban J connectivity index is 0.00000280. The van der Waals surface area contributed by atoms with Gasteiger partial charge in [-0.25, -0.2) is 0 Å². The third-order valence-corrected chi connectivity index (χ3v) is 6.01. The Bertz CT molecular complexity index is 572. The van der Waals surface area contributed by atoms with Crippen LogP contribution in [0, 0.1) is 5.92 Å². The van der Waals surface area contributed by atoms with Gasteiger partial charge in [0.05, 0.1) is 0 Å². The van der Waals surface area contributed by atoms with E-state index in [0.717, 1.165) is 38.1 Å². The third kappa shape index (κ3) is 7.52. The lowest BCUT2D eigenvalue weighted by Gasteiger charge is -2.34. The minimum atomic E-state index is 0. The number of hydrogen-bond donors (Lipinski definition) is 2. The molecule has 3 rings (SSSR count). The number of aliphatic imine (C=N–C) groups is 1. The molecule has 2 aliphatic heterocycles. The molecule has 5 nitrogen and oxygen atoms in total. The molecule has 2 N–H and O–H groups in total. The van der Waals surface area contributed by atoms with Crippen molar-refractivity contribution in [3.8, 4) is 0 Å². The number of halogens is 1. The molecule has 158 valence electrons. The number of likely N-dealkylation sites (tertiary alicyclic amines) is 2. The topological polar surface area (TPSA) is 42.9 Å². The molecule has 6 heteroatoms. The monoisotopic (exact) mass is 499 g/mol. The Hall–Kier alpha value is -0.860. The van der Waals surface area contributed by atoms with Crippen molar-refractivity contribution in [2.45, 2.75) is 45.2 Å². The predicted octanol–water partition coefficient (Wildman–Crippen LogP) is 3.17. The molecule has 0 spiro atoms. The van der Waals surface area contributed by atoms with E-state index in [1.807, 2.05) is 7.05 Å². The van der Waals surface area contributed by atoms with Crippen LogP contribution in [0.3, 0.4) is 0 Å². The van der Waals surface area contributed by atoms with Crippen molar-refractivity contribution < 1.29 is 0 Å². The largest absolute Gasteiger partial charge is 0.356 e. The molecule has 0 amide bonds. The molecule has 2 fully saturated rings. The fourth-order valence-electron chi connectivity index (χ4n) is 4.31. The van der Waals surface area contributed by atoms with E-state index in [1.165, 1.54) is 50.9 Å². The van der Waals surface area contributed by atoms with Gasteiger partial charge in [-0.15, -0.1) is 24.0 Å². The van der Waals surface area contributed by atoms with E-state index in [-0.39, 0.29) is 24.0 Å². The van der Waals surface area contributed by atoms with Gasteiger partial charge in [0.15, 0.2) is 5.96 Å². The lowest BCUT2D eigenvalue weighted by molar-refractivity contribution is 0.182. The highest BCUT2D eigenvalue weighted by Crippen LogP contribution is 2.16. The number of hydrogen-bond acceptors (Lipinski definition) is 3. The van der Waals surface area contributed by atoms with E-state index in [4.69, 9.17) is 0 Å². The van der Waals surface area contributed by atoms with Crippen LogP contribution in [0.25, 0.3) is 0 Å². The Labute approximate surface area is 188 Å². The van der Waals surface area contributed by atoms with Crippen molar-refractivity contribution in [1.29, 1.82) is 0 Å². The molecule has 1 aromatic carbocycles. The zero-order valence-corrected chi connectivity index (χ0v) is 19.9. The van der Waals surface area contributed by atoms with E-state index >= 15 is 0 Å². The summed E-state index contributed by atoms with van der Waals surface area (Å²) in [5, 5.41) is 7.23. The normalized spacial score (nSPS) is 22.5. The summed E-state index contributed by atoms with van der Waals surface area (Å²) in [6, 6.07) is 11.3. The van der Waals surface area contributed by atoms with Crippen molar-refractivity contribution >= 4 is 29.9 Å². The summed E-state index contributed by atoms with van der Waals surface area (Å²) in [6.07, 6.45) is 5.02. The maximum absolute atomic E-state index is 4.46. The average molecular weight is 499 g/mol. The van der Waals surface area contributed by atoms with E-state index in [9.17, 15) is 0 Å². The molecule has 28 heavy (non-hydrogen) atoms. The Morgan fingerprint density at radius 3 is 2.50 bits per heavy atom. The van der Waals surface area contributed by atoms with Crippen LogP contribution in [0.15, 0.2) is 35.3 Å². The fourth-order valence-corrected chi connectivity index (χ4v) is 4.31. The van der Waals surface area contributed by atoms with Crippen LogP contribution in [-0.4, -0.2) is 68.1 Å². The van der Waals surface area contributed by atoms with Gasteiger partial charge in [0.1, 0.15) is 0 Å². The molecule has 1 aromatic rings. The van der Waals surface area contributed by atoms with Crippen LogP contribution in [0.1, 0.15) is 38.2 Å². The zero-order chi connectivity index (χ0) is 18.9. The molecule has 0 saturated carbocycles. The summed E-state index contributed by atoms with van der Waals surface area (Å²) >= 11 is 0. The van der Waals surface area contributed by atoms with Crippen molar-refractivity contribution in [2.24, 2.45) is 10.9 Å².